The van der Waals surface area contributed by atoms with Gasteiger partial charge >= 0.3 is 0 Å². The topological polar surface area (TPSA) is 89.9 Å². The van der Waals surface area contributed by atoms with Crippen molar-refractivity contribution in [2.45, 2.75) is 32.2 Å². The zero-order valence-electron chi connectivity index (χ0n) is 13.1. The first-order chi connectivity index (χ1) is 11.2. The Hall–Kier alpha value is -2.44. The summed E-state index contributed by atoms with van der Waals surface area (Å²) >= 11 is 0. The normalized spacial score (nSPS) is 18.6. The van der Waals surface area contributed by atoms with E-state index in [0.29, 0.717) is 18.3 Å². The molecule has 0 saturated carbocycles. The zero-order chi connectivity index (χ0) is 16.1. The van der Waals surface area contributed by atoms with Gasteiger partial charge in [0.1, 0.15) is 12.4 Å². The maximum absolute atomic E-state index is 12.3. The van der Waals surface area contributed by atoms with Gasteiger partial charge in [-0.25, -0.2) is 4.98 Å². The molecule has 122 valence electrons. The van der Waals surface area contributed by atoms with Crippen molar-refractivity contribution >= 4 is 11.7 Å². The Labute approximate surface area is 135 Å². The molecular formula is C16H22N6O. The Balaban J connectivity index is 1.52. The van der Waals surface area contributed by atoms with Crippen LogP contribution in [0.1, 0.15) is 25.0 Å². The Bertz CT molecular complexity index is 625. The first-order valence-corrected chi connectivity index (χ1v) is 8.02. The minimum Gasteiger partial charge on any atom is -0.382 e. The first-order valence-electron chi connectivity index (χ1n) is 8.02. The number of hydrogen-bond acceptors (Lipinski definition) is 5. The summed E-state index contributed by atoms with van der Waals surface area (Å²) < 4.78 is 1.68. The van der Waals surface area contributed by atoms with E-state index < -0.39 is 0 Å². The summed E-state index contributed by atoms with van der Waals surface area (Å²) in [5.74, 6) is 1.13. The first kappa shape index (κ1) is 15.5. The fourth-order valence-electron chi connectivity index (χ4n) is 3.02. The molecule has 3 rings (SSSR count). The molecule has 2 aromatic heterocycles. The van der Waals surface area contributed by atoms with Crippen LogP contribution < -0.4 is 5.73 Å². The zero-order valence-corrected chi connectivity index (χ0v) is 13.1. The van der Waals surface area contributed by atoms with Gasteiger partial charge in [-0.3, -0.25) is 14.5 Å². The maximum atomic E-state index is 12.3. The summed E-state index contributed by atoms with van der Waals surface area (Å²) in [7, 11) is 0. The molecular weight excluding hydrogens is 292 g/mol. The lowest BCUT2D eigenvalue weighted by Gasteiger charge is -2.20. The highest BCUT2D eigenvalue weighted by atomic mass is 16.2. The summed E-state index contributed by atoms with van der Waals surface area (Å²) in [6.45, 7) is 1.94. The summed E-state index contributed by atoms with van der Waals surface area (Å²) in [4.78, 5) is 22.7. The van der Waals surface area contributed by atoms with Crippen LogP contribution >= 0.6 is 0 Å². The molecule has 3 heterocycles. The van der Waals surface area contributed by atoms with Crippen LogP contribution in [0.3, 0.4) is 0 Å². The summed E-state index contributed by atoms with van der Waals surface area (Å²) in [6, 6.07) is 1.83. The molecule has 0 spiro atoms. The van der Waals surface area contributed by atoms with Crippen molar-refractivity contribution in [3.8, 4) is 0 Å². The van der Waals surface area contributed by atoms with Crippen molar-refractivity contribution < 1.29 is 4.79 Å². The molecule has 1 saturated heterocycles. The van der Waals surface area contributed by atoms with Gasteiger partial charge in [-0.15, -0.1) is 0 Å². The second kappa shape index (κ2) is 7.21. The van der Waals surface area contributed by atoms with Crippen molar-refractivity contribution in [2.24, 2.45) is 5.92 Å². The maximum Gasteiger partial charge on any atom is 0.244 e. The molecule has 1 fully saturated rings. The number of nitrogens with two attached hydrogens (primary N) is 1. The minimum absolute atomic E-state index is 0.140. The number of rotatable bonds is 4. The van der Waals surface area contributed by atoms with Crippen LogP contribution in [0.4, 0.5) is 5.82 Å². The van der Waals surface area contributed by atoms with Gasteiger partial charge in [0.2, 0.25) is 5.91 Å². The predicted molar refractivity (Wildman–Crippen MR) is 86.3 cm³/mol. The molecule has 2 N–H and O–H groups in total. The third-order valence-electron chi connectivity index (χ3n) is 4.28. The van der Waals surface area contributed by atoms with E-state index >= 15 is 0 Å². The number of anilines is 1. The van der Waals surface area contributed by atoms with Crippen LogP contribution in [0.25, 0.3) is 0 Å². The Morgan fingerprint density at radius 2 is 2.17 bits per heavy atom. The van der Waals surface area contributed by atoms with Gasteiger partial charge < -0.3 is 10.6 Å². The standard InChI is InChI=1S/C16H22N6O/c17-15-11-18-14(10-19-15)9-13-3-1-6-21(8-4-13)16(23)12-22-7-2-5-20-22/h2,5,7,10-11,13H,1,3-4,6,8-9,12H2,(H2,17,19)/t13-/m0/s1. The monoisotopic (exact) mass is 314 g/mol. The van der Waals surface area contributed by atoms with E-state index in [0.717, 1.165) is 44.5 Å². The summed E-state index contributed by atoms with van der Waals surface area (Å²) in [6.07, 6.45) is 10.9. The number of amides is 1. The molecule has 0 unspecified atom stereocenters. The molecule has 1 aliphatic heterocycles. The van der Waals surface area contributed by atoms with Crippen LogP contribution in [0.5, 0.6) is 0 Å². The summed E-state index contributed by atoms with van der Waals surface area (Å²) in [5.41, 5.74) is 6.54. The van der Waals surface area contributed by atoms with E-state index in [1.54, 1.807) is 23.3 Å². The van der Waals surface area contributed by atoms with Gasteiger partial charge in [0.15, 0.2) is 0 Å². The lowest BCUT2D eigenvalue weighted by Crippen LogP contribution is -2.34. The van der Waals surface area contributed by atoms with Gasteiger partial charge in [-0.1, -0.05) is 0 Å². The Kier molecular flexibility index (Phi) is 4.85. The smallest absolute Gasteiger partial charge is 0.244 e. The number of aromatic nitrogens is 4. The lowest BCUT2D eigenvalue weighted by molar-refractivity contribution is -0.132. The van der Waals surface area contributed by atoms with Crippen LogP contribution in [-0.4, -0.2) is 43.6 Å². The average Bonchev–Trinajstić information content (AvgIpc) is 2.94. The highest BCUT2D eigenvalue weighted by Gasteiger charge is 2.21. The number of carbonyl (C=O) groups excluding carboxylic acids is 1. The van der Waals surface area contributed by atoms with Crippen LogP contribution in [0.15, 0.2) is 30.9 Å². The molecule has 1 atom stereocenters. The quantitative estimate of drug-likeness (QED) is 0.913. The lowest BCUT2D eigenvalue weighted by atomic mass is 9.95. The molecule has 0 aliphatic carbocycles. The number of hydrogen-bond donors (Lipinski definition) is 1. The Morgan fingerprint density at radius 3 is 2.91 bits per heavy atom. The van der Waals surface area contributed by atoms with E-state index in [2.05, 4.69) is 15.1 Å². The van der Waals surface area contributed by atoms with E-state index in [1.807, 2.05) is 17.2 Å². The van der Waals surface area contributed by atoms with E-state index in [1.165, 1.54) is 0 Å². The van der Waals surface area contributed by atoms with Gasteiger partial charge in [-0.2, -0.15) is 5.10 Å². The fourth-order valence-corrected chi connectivity index (χ4v) is 3.02. The molecule has 23 heavy (non-hydrogen) atoms. The number of carbonyl (C=O) groups is 1. The molecule has 0 radical (unpaired) electrons. The summed E-state index contributed by atoms with van der Waals surface area (Å²) in [5, 5.41) is 4.10. The SMILES string of the molecule is Nc1cnc(C[C@H]2CCCN(C(=O)Cn3cccn3)CC2)cn1. The second-order valence-electron chi connectivity index (χ2n) is 6.02. The van der Waals surface area contributed by atoms with E-state index in [4.69, 9.17) is 5.73 Å². The highest BCUT2D eigenvalue weighted by molar-refractivity contribution is 5.75. The highest BCUT2D eigenvalue weighted by Crippen LogP contribution is 2.21. The third kappa shape index (κ3) is 4.28. The molecule has 1 aliphatic rings. The molecule has 0 aromatic carbocycles. The Morgan fingerprint density at radius 1 is 1.26 bits per heavy atom. The van der Waals surface area contributed by atoms with Crippen LogP contribution in [0.2, 0.25) is 0 Å². The van der Waals surface area contributed by atoms with Gasteiger partial charge in [0.05, 0.1) is 18.1 Å². The largest absolute Gasteiger partial charge is 0.382 e. The molecule has 7 heteroatoms. The molecule has 0 bridgehead atoms. The van der Waals surface area contributed by atoms with E-state index in [-0.39, 0.29) is 5.91 Å². The fraction of sp³-hybridized carbons (Fsp3) is 0.500. The second-order valence-corrected chi connectivity index (χ2v) is 6.02. The number of nitrogens with zero attached hydrogens (tertiary/aromatic N) is 5. The predicted octanol–water partition coefficient (Wildman–Crippen LogP) is 1.13. The number of nitrogen functional groups attached to an aromatic ring is 1. The van der Waals surface area contributed by atoms with Crippen LogP contribution in [0, 0.1) is 5.92 Å². The molecule has 1 amide bonds. The minimum atomic E-state index is 0.140. The van der Waals surface area contributed by atoms with Crippen molar-refractivity contribution in [3.05, 3.63) is 36.5 Å². The molecule has 7 nitrogen and oxygen atoms in total. The van der Waals surface area contributed by atoms with Gasteiger partial charge in [0.25, 0.3) is 0 Å². The average molecular weight is 314 g/mol. The number of likely N-dealkylation sites (tertiary alicyclic amines) is 1. The third-order valence-corrected chi connectivity index (χ3v) is 4.28. The molecule has 2 aromatic rings. The van der Waals surface area contributed by atoms with Crippen molar-refractivity contribution in [1.82, 2.24) is 24.6 Å². The van der Waals surface area contributed by atoms with Crippen LogP contribution in [-0.2, 0) is 17.8 Å². The van der Waals surface area contributed by atoms with E-state index in [9.17, 15) is 4.79 Å². The van der Waals surface area contributed by atoms with Gasteiger partial charge in [-0.05, 0) is 37.7 Å². The van der Waals surface area contributed by atoms with Gasteiger partial charge in [0, 0.05) is 25.5 Å². The van der Waals surface area contributed by atoms with Crippen molar-refractivity contribution in [2.75, 3.05) is 18.8 Å². The van der Waals surface area contributed by atoms with Crippen molar-refractivity contribution in [1.29, 1.82) is 0 Å². The van der Waals surface area contributed by atoms with Crippen molar-refractivity contribution in [3.63, 3.8) is 0 Å².